The van der Waals surface area contributed by atoms with E-state index in [1.807, 2.05) is 0 Å². The van der Waals surface area contributed by atoms with Gasteiger partial charge >= 0.3 is 0 Å². The number of carbonyl (C=O) groups excluding carboxylic acids is 1. The second kappa shape index (κ2) is 7.90. The molecule has 0 unspecified atom stereocenters. The first-order valence-electron chi connectivity index (χ1n) is 10.7. The van der Waals surface area contributed by atoms with Crippen molar-refractivity contribution in [2.45, 2.75) is 37.8 Å². The van der Waals surface area contributed by atoms with Crippen molar-refractivity contribution in [1.82, 2.24) is 14.7 Å². The van der Waals surface area contributed by atoms with Crippen LogP contribution in [0.25, 0.3) is 11.3 Å². The van der Waals surface area contributed by atoms with Crippen LogP contribution in [-0.2, 0) is 13.5 Å². The topological polar surface area (TPSA) is 47.4 Å². The van der Waals surface area contributed by atoms with Crippen molar-refractivity contribution in [3.8, 4) is 17.0 Å². The SMILES string of the molecule is COc1ccc(C(=O)N2[C@H]3CCC[C@@H]2c2nn(C)c(-c4cc(F)c(F)c(F)c4)c2C3)c(F)c1. The molecule has 1 amide bonds. The predicted octanol–water partition coefficient (Wildman–Crippen LogP) is 4.94. The van der Waals surface area contributed by atoms with E-state index in [0.717, 1.165) is 24.1 Å². The van der Waals surface area contributed by atoms with Gasteiger partial charge in [0.2, 0.25) is 0 Å². The first kappa shape index (κ1) is 21.5. The molecule has 2 aliphatic heterocycles. The van der Waals surface area contributed by atoms with E-state index in [-0.39, 0.29) is 17.2 Å². The summed E-state index contributed by atoms with van der Waals surface area (Å²) in [6.45, 7) is 0. The molecule has 3 heterocycles. The molecule has 9 heteroatoms. The van der Waals surface area contributed by atoms with Crippen molar-refractivity contribution in [3.63, 3.8) is 0 Å². The zero-order chi connectivity index (χ0) is 23.4. The van der Waals surface area contributed by atoms with Crippen LogP contribution >= 0.6 is 0 Å². The Hall–Kier alpha value is -3.36. The molecule has 0 spiro atoms. The van der Waals surface area contributed by atoms with Crippen LogP contribution in [0.4, 0.5) is 17.6 Å². The molecule has 1 fully saturated rings. The summed E-state index contributed by atoms with van der Waals surface area (Å²) in [5.41, 5.74) is 2.02. The number of hydrogen-bond donors (Lipinski definition) is 0. The minimum atomic E-state index is -1.52. The summed E-state index contributed by atoms with van der Waals surface area (Å²) in [5.74, 6) is -4.85. The van der Waals surface area contributed by atoms with Crippen molar-refractivity contribution < 1.29 is 27.1 Å². The van der Waals surface area contributed by atoms with E-state index in [1.54, 1.807) is 11.9 Å². The van der Waals surface area contributed by atoms with Crippen LogP contribution < -0.4 is 4.74 Å². The molecule has 1 aromatic heterocycles. The molecular formula is C24H21F4N3O2. The highest BCUT2D eigenvalue weighted by Crippen LogP contribution is 2.45. The van der Waals surface area contributed by atoms with E-state index in [9.17, 15) is 22.4 Å². The third-order valence-corrected chi connectivity index (χ3v) is 6.57. The standard InChI is InChI=1S/C24H21F4N3O2/c1-30-23(12-8-18(26)21(28)19(27)9-12)16-10-13-4-3-5-20(22(16)29-30)31(13)24(32)15-7-6-14(33-2)11-17(15)25/h6-9,11,13,20H,3-5,10H2,1-2H3/t13-,20+/m0/s1. The summed E-state index contributed by atoms with van der Waals surface area (Å²) in [6.07, 6.45) is 2.62. The van der Waals surface area contributed by atoms with E-state index in [4.69, 9.17) is 4.74 Å². The molecule has 0 N–H and O–H groups in total. The third kappa shape index (κ3) is 3.37. The molecule has 0 radical (unpaired) electrons. The Morgan fingerprint density at radius 3 is 2.45 bits per heavy atom. The van der Waals surface area contributed by atoms with Gasteiger partial charge in [0.15, 0.2) is 17.5 Å². The van der Waals surface area contributed by atoms with Gasteiger partial charge in [-0.1, -0.05) is 0 Å². The molecule has 3 aromatic rings. The van der Waals surface area contributed by atoms with Crippen LogP contribution in [0.5, 0.6) is 5.75 Å². The molecule has 0 saturated carbocycles. The molecular weight excluding hydrogens is 438 g/mol. The van der Waals surface area contributed by atoms with Gasteiger partial charge in [0.05, 0.1) is 30.1 Å². The molecule has 2 aromatic carbocycles. The number of aromatic nitrogens is 2. The van der Waals surface area contributed by atoms with E-state index < -0.39 is 35.2 Å². The average Bonchev–Trinajstić information content (AvgIpc) is 3.11. The van der Waals surface area contributed by atoms with Crippen LogP contribution in [0.2, 0.25) is 0 Å². The molecule has 1 saturated heterocycles. The van der Waals surface area contributed by atoms with Gasteiger partial charge in [0.1, 0.15) is 11.6 Å². The quantitative estimate of drug-likeness (QED) is 0.412. The maximum absolute atomic E-state index is 14.7. The van der Waals surface area contributed by atoms with Crippen LogP contribution in [0.15, 0.2) is 30.3 Å². The van der Waals surface area contributed by atoms with Gasteiger partial charge in [-0.25, -0.2) is 17.6 Å². The van der Waals surface area contributed by atoms with Gasteiger partial charge in [0, 0.05) is 30.3 Å². The van der Waals surface area contributed by atoms with Gasteiger partial charge in [0.25, 0.3) is 5.91 Å². The first-order valence-corrected chi connectivity index (χ1v) is 10.7. The van der Waals surface area contributed by atoms with Gasteiger partial charge in [-0.3, -0.25) is 9.48 Å². The number of hydrogen-bond acceptors (Lipinski definition) is 3. The van der Waals surface area contributed by atoms with Crippen LogP contribution in [0, 0.1) is 23.3 Å². The van der Waals surface area contributed by atoms with E-state index >= 15 is 0 Å². The third-order valence-electron chi connectivity index (χ3n) is 6.57. The number of methoxy groups -OCH3 is 1. The Bertz CT molecular complexity index is 1250. The summed E-state index contributed by atoms with van der Waals surface area (Å²) in [4.78, 5) is 15.1. The second-order valence-corrected chi connectivity index (χ2v) is 8.45. The minimum absolute atomic E-state index is 0.0463. The average molecular weight is 459 g/mol. The lowest BCUT2D eigenvalue weighted by molar-refractivity contribution is 0.0387. The first-order chi connectivity index (χ1) is 15.8. The van der Waals surface area contributed by atoms with Crippen LogP contribution in [-0.4, -0.2) is 33.7 Å². The molecule has 5 rings (SSSR count). The van der Waals surface area contributed by atoms with Crippen molar-refractivity contribution in [2.75, 3.05) is 7.11 Å². The molecule has 2 aliphatic rings. The van der Waals surface area contributed by atoms with Crippen LogP contribution in [0.1, 0.15) is 46.9 Å². The lowest BCUT2D eigenvalue weighted by Gasteiger charge is -2.45. The van der Waals surface area contributed by atoms with Gasteiger partial charge in [-0.05, 0) is 49.9 Å². The summed E-state index contributed by atoms with van der Waals surface area (Å²) < 4.78 is 62.6. The Morgan fingerprint density at radius 1 is 1.06 bits per heavy atom. The number of benzene rings is 2. The Morgan fingerprint density at radius 2 is 1.79 bits per heavy atom. The Balaban J connectivity index is 1.58. The summed E-state index contributed by atoms with van der Waals surface area (Å²) in [5, 5.41) is 4.58. The van der Waals surface area contributed by atoms with Crippen molar-refractivity contribution >= 4 is 5.91 Å². The number of ether oxygens (including phenoxy) is 1. The van der Waals surface area contributed by atoms with E-state index in [2.05, 4.69) is 5.10 Å². The highest BCUT2D eigenvalue weighted by Gasteiger charge is 2.44. The van der Waals surface area contributed by atoms with Gasteiger partial charge in [-0.2, -0.15) is 5.10 Å². The predicted molar refractivity (Wildman–Crippen MR) is 112 cm³/mol. The molecule has 5 nitrogen and oxygen atoms in total. The largest absolute Gasteiger partial charge is 0.497 e. The van der Waals surface area contributed by atoms with E-state index in [0.29, 0.717) is 36.4 Å². The molecule has 33 heavy (non-hydrogen) atoms. The zero-order valence-electron chi connectivity index (χ0n) is 18.0. The monoisotopic (exact) mass is 459 g/mol. The smallest absolute Gasteiger partial charge is 0.257 e. The normalized spacial score (nSPS) is 19.4. The zero-order valence-corrected chi connectivity index (χ0v) is 18.0. The number of amides is 1. The highest BCUT2D eigenvalue weighted by molar-refractivity contribution is 5.95. The molecule has 2 atom stereocenters. The number of aryl methyl sites for hydroxylation is 1. The molecule has 172 valence electrons. The fourth-order valence-corrected chi connectivity index (χ4v) is 5.14. The highest BCUT2D eigenvalue weighted by atomic mass is 19.2. The summed E-state index contributed by atoms with van der Waals surface area (Å²) >= 11 is 0. The molecule has 2 bridgehead atoms. The fourth-order valence-electron chi connectivity index (χ4n) is 5.14. The number of nitrogens with zero attached hydrogens (tertiary/aromatic N) is 3. The Labute approximate surface area is 187 Å². The maximum Gasteiger partial charge on any atom is 0.257 e. The van der Waals surface area contributed by atoms with E-state index in [1.165, 1.54) is 30.0 Å². The number of halogens is 4. The van der Waals surface area contributed by atoms with Gasteiger partial charge < -0.3 is 9.64 Å². The van der Waals surface area contributed by atoms with Crippen LogP contribution in [0.3, 0.4) is 0 Å². The number of rotatable bonds is 3. The number of carbonyl (C=O) groups is 1. The summed E-state index contributed by atoms with van der Waals surface area (Å²) in [6, 6.07) is 5.42. The lowest BCUT2D eigenvalue weighted by atomic mass is 9.81. The maximum atomic E-state index is 14.7. The number of fused-ring (bicyclic) bond motifs is 4. The number of piperidine rings is 1. The minimum Gasteiger partial charge on any atom is -0.497 e. The second-order valence-electron chi connectivity index (χ2n) is 8.45. The summed E-state index contributed by atoms with van der Waals surface area (Å²) in [7, 11) is 3.07. The lowest BCUT2D eigenvalue weighted by Crippen LogP contribution is -2.50. The van der Waals surface area contributed by atoms with Crippen molar-refractivity contribution in [1.29, 1.82) is 0 Å². The van der Waals surface area contributed by atoms with Crippen molar-refractivity contribution in [3.05, 3.63) is 70.4 Å². The fraction of sp³-hybridized carbons (Fsp3) is 0.333. The molecule has 0 aliphatic carbocycles. The van der Waals surface area contributed by atoms with Crippen molar-refractivity contribution in [2.24, 2.45) is 7.05 Å². The van der Waals surface area contributed by atoms with Gasteiger partial charge in [-0.15, -0.1) is 0 Å². The Kier molecular flexibility index (Phi) is 5.14.